The normalized spacial score (nSPS) is 15.6. The maximum Gasteiger partial charge on any atom is 0.231 e. The minimum atomic E-state index is -0.495. The molecule has 3 aromatic rings. The molecule has 0 aromatic heterocycles. The van der Waals surface area contributed by atoms with Crippen molar-refractivity contribution in [2.24, 2.45) is 5.73 Å². The van der Waals surface area contributed by atoms with Crippen LogP contribution in [0.3, 0.4) is 0 Å². The summed E-state index contributed by atoms with van der Waals surface area (Å²) in [5, 5.41) is 19.2. The molecule has 0 unspecified atom stereocenters. The second kappa shape index (κ2) is 8.61. The standard InChI is InChI=1S/C26H19N3O5/c1-30-22-8-15(6-7-20(22)31-13-17-5-3-2-4-16(17)11-27)25-18-9-23-24(33-14-32-23)10-21(18)34-26(29)19(25)12-28/h2-10,25H,13-14,29H2,1H3/t25-/m1/s1. The molecule has 0 spiro atoms. The number of hydrogen-bond acceptors (Lipinski definition) is 8. The van der Waals surface area contributed by atoms with Gasteiger partial charge in [0.05, 0.1) is 24.7 Å². The van der Waals surface area contributed by atoms with Gasteiger partial charge in [0.2, 0.25) is 12.7 Å². The van der Waals surface area contributed by atoms with E-state index in [2.05, 4.69) is 12.1 Å². The summed E-state index contributed by atoms with van der Waals surface area (Å²) < 4.78 is 28.2. The molecule has 1 atom stereocenters. The van der Waals surface area contributed by atoms with Gasteiger partial charge >= 0.3 is 0 Å². The summed E-state index contributed by atoms with van der Waals surface area (Å²) in [6.45, 7) is 0.324. The number of hydrogen-bond donors (Lipinski definition) is 1. The summed E-state index contributed by atoms with van der Waals surface area (Å²) in [6, 6.07) is 20.5. The highest BCUT2D eigenvalue weighted by Gasteiger charge is 2.33. The Balaban J connectivity index is 1.51. The topological polar surface area (TPSA) is 120 Å². The van der Waals surface area contributed by atoms with E-state index < -0.39 is 5.92 Å². The van der Waals surface area contributed by atoms with Crippen LogP contribution in [0.25, 0.3) is 0 Å². The van der Waals surface area contributed by atoms with Crippen LogP contribution in [0.15, 0.2) is 66.1 Å². The lowest BCUT2D eigenvalue weighted by Gasteiger charge is -2.27. The van der Waals surface area contributed by atoms with Crippen molar-refractivity contribution in [2.45, 2.75) is 12.5 Å². The smallest absolute Gasteiger partial charge is 0.231 e. The van der Waals surface area contributed by atoms with Crippen molar-refractivity contribution in [3.05, 3.63) is 88.3 Å². The van der Waals surface area contributed by atoms with Gasteiger partial charge in [-0.15, -0.1) is 0 Å². The van der Waals surface area contributed by atoms with E-state index >= 15 is 0 Å². The lowest BCUT2D eigenvalue weighted by molar-refractivity contribution is 0.174. The number of rotatable bonds is 5. The van der Waals surface area contributed by atoms with E-state index in [1.54, 1.807) is 31.4 Å². The lowest BCUT2D eigenvalue weighted by Crippen LogP contribution is -2.21. The molecule has 168 valence electrons. The molecule has 0 bridgehead atoms. The van der Waals surface area contributed by atoms with Crippen molar-refractivity contribution in [1.29, 1.82) is 10.5 Å². The van der Waals surface area contributed by atoms with Crippen LogP contribution in [0.1, 0.15) is 28.2 Å². The predicted octanol–water partition coefficient (Wildman–Crippen LogP) is 4.09. The minimum absolute atomic E-state index is 0.0336. The number of fused-ring (bicyclic) bond motifs is 2. The van der Waals surface area contributed by atoms with Gasteiger partial charge in [0.15, 0.2) is 23.0 Å². The minimum Gasteiger partial charge on any atom is -0.493 e. The quantitative estimate of drug-likeness (QED) is 0.613. The summed E-state index contributed by atoms with van der Waals surface area (Å²) in [4.78, 5) is 0. The van der Waals surface area contributed by atoms with E-state index in [-0.39, 0.29) is 24.9 Å². The summed E-state index contributed by atoms with van der Waals surface area (Å²) in [7, 11) is 1.54. The fourth-order valence-corrected chi connectivity index (χ4v) is 4.08. The monoisotopic (exact) mass is 453 g/mol. The van der Waals surface area contributed by atoms with Gasteiger partial charge in [-0.1, -0.05) is 24.3 Å². The van der Waals surface area contributed by atoms with Gasteiger partial charge in [-0.2, -0.15) is 10.5 Å². The first kappa shape index (κ1) is 21.0. The number of allylic oxidation sites excluding steroid dienone is 1. The van der Waals surface area contributed by atoms with Crippen LogP contribution in [0.5, 0.6) is 28.7 Å². The Bertz CT molecular complexity index is 1400. The fraction of sp³-hybridized carbons (Fsp3) is 0.154. The van der Waals surface area contributed by atoms with Crippen molar-refractivity contribution in [2.75, 3.05) is 13.9 Å². The number of nitriles is 2. The van der Waals surface area contributed by atoms with Crippen LogP contribution < -0.4 is 29.4 Å². The van der Waals surface area contributed by atoms with Gasteiger partial charge in [-0.05, 0) is 29.8 Å². The third-order valence-electron chi connectivity index (χ3n) is 5.75. The molecule has 2 heterocycles. The van der Waals surface area contributed by atoms with E-state index in [1.807, 2.05) is 30.3 Å². The first-order valence-electron chi connectivity index (χ1n) is 10.4. The molecule has 2 N–H and O–H groups in total. The highest BCUT2D eigenvalue weighted by molar-refractivity contribution is 5.62. The average molecular weight is 453 g/mol. The maximum absolute atomic E-state index is 9.85. The first-order valence-corrected chi connectivity index (χ1v) is 10.4. The zero-order valence-corrected chi connectivity index (χ0v) is 18.2. The van der Waals surface area contributed by atoms with Crippen LogP contribution in [-0.2, 0) is 6.61 Å². The summed E-state index contributed by atoms with van der Waals surface area (Å²) in [6.07, 6.45) is 0. The van der Waals surface area contributed by atoms with Crippen molar-refractivity contribution in [3.63, 3.8) is 0 Å². The lowest BCUT2D eigenvalue weighted by atomic mass is 9.83. The number of benzene rings is 3. The van der Waals surface area contributed by atoms with Gasteiger partial charge in [-0.25, -0.2) is 0 Å². The molecule has 0 amide bonds. The molecule has 5 rings (SSSR count). The molecule has 0 fully saturated rings. The Labute approximate surface area is 195 Å². The predicted molar refractivity (Wildman–Crippen MR) is 120 cm³/mol. The molecule has 0 saturated carbocycles. The maximum atomic E-state index is 9.85. The third-order valence-corrected chi connectivity index (χ3v) is 5.75. The summed E-state index contributed by atoms with van der Waals surface area (Å²) in [5.74, 6) is 2.16. The molecule has 2 aliphatic rings. The van der Waals surface area contributed by atoms with Crippen LogP contribution in [0.4, 0.5) is 0 Å². The Morgan fingerprint density at radius 3 is 2.53 bits per heavy atom. The van der Waals surface area contributed by atoms with Crippen molar-refractivity contribution < 1.29 is 23.7 Å². The van der Waals surface area contributed by atoms with Crippen LogP contribution in [0.2, 0.25) is 0 Å². The van der Waals surface area contributed by atoms with Gasteiger partial charge in [0.1, 0.15) is 24.0 Å². The van der Waals surface area contributed by atoms with Crippen LogP contribution in [-0.4, -0.2) is 13.9 Å². The van der Waals surface area contributed by atoms with E-state index in [0.29, 0.717) is 34.3 Å². The highest BCUT2D eigenvalue weighted by atomic mass is 16.7. The van der Waals surface area contributed by atoms with Crippen LogP contribution >= 0.6 is 0 Å². The number of ether oxygens (including phenoxy) is 5. The van der Waals surface area contributed by atoms with Crippen molar-refractivity contribution in [1.82, 2.24) is 0 Å². The Morgan fingerprint density at radius 1 is 0.971 bits per heavy atom. The van der Waals surface area contributed by atoms with Gasteiger partial charge in [0.25, 0.3) is 0 Å². The molecule has 0 aliphatic carbocycles. The molecule has 2 aliphatic heterocycles. The summed E-state index contributed by atoms with van der Waals surface area (Å²) in [5.41, 5.74) is 9.20. The Morgan fingerprint density at radius 2 is 1.76 bits per heavy atom. The number of methoxy groups -OCH3 is 1. The highest BCUT2D eigenvalue weighted by Crippen LogP contribution is 2.48. The molecule has 8 nitrogen and oxygen atoms in total. The molecule has 8 heteroatoms. The first-order chi connectivity index (χ1) is 16.6. The molecular formula is C26H19N3O5. The molecule has 0 radical (unpaired) electrons. The molecule has 0 saturated heterocycles. The summed E-state index contributed by atoms with van der Waals surface area (Å²) >= 11 is 0. The van der Waals surface area contributed by atoms with E-state index in [9.17, 15) is 10.5 Å². The third kappa shape index (κ3) is 3.58. The fourth-order valence-electron chi connectivity index (χ4n) is 4.08. The van der Waals surface area contributed by atoms with Crippen LogP contribution in [0, 0.1) is 22.7 Å². The van der Waals surface area contributed by atoms with Gasteiger partial charge < -0.3 is 29.4 Å². The zero-order chi connectivity index (χ0) is 23.7. The largest absolute Gasteiger partial charge is 0.493 e. The van der Waals surface area contributed by atoms with Gasteiger partial charge in [-0.3, -0.25) is 0 Å². The zero-order valence-electron chi connectivity index (χ0n) is 18.2. The second-order valence-corrected chi connectivity index (χ2v) is 7.64. The molecule has 3 aromatic carbocycles. The van der Waals surface area contributed by atoms with E-state index in [4.69, 9.17) is 29.4 Å². The number of nitrogens with zero attached hydrogens (tertiary/aromatic N) is 2. The average Bonchev–Trinajstić information content (AvgIpc) is 3.32. The Kier molecular flexibility index (Phi) is 5.33. The SMILES string of the molecule is COc1cc([C@H]2C(C#N)=C(N)Oc3cc4c(cc32)OCO4)ccc1OCc1ccccc1C#N. The van der Waals surface area contributed by atoms with Crippen molar-refractivity contribution >= 4 is 0 Å². The van der Waals surface area contributed by atoms with Crippen molar-refractivity contribution in [3.8, 4) is 40.9 Å². The second-order valence-electron chi connectivity index (χ2n) is 7.64. The number of nitrogens with two attached hydrogens (primary N) is 1. The molecule has 34 heavy (non-hydrogen) atoms. The Hall–Kier alpha value is -4.82. The molecular weight excluding hydrogens is 434 g/mol. The van der Waals surface area contributed by atoms with Gasteiger partial charge in [0, 0.05) is 17.2 Å². The van der Waals surface area contributed by atoms with E-state index in [1.165, 1.54) is 0 Å². The van der Waals surface area contributed by atoms with E-state index in [0.717, 1.165) is 16.7 Å².